The predicted molar refractivity (Wildman–Crippen MR) is 120 cm³/mol. The molecule has 1 aromatic heterocycles. The van der Waals surface area contributed by atoms with Gasteiger partial charge in [-0.3, -0.25) is 9.59 Å². The molecule has 4 rings (SSSR count). The van der Waals surface area contributed by atoms with Crippen molar-refractivity contribution in [3.8, 4) is 0 Å². The normalized spacial score (nSPS) is 20.5. The average molecular weight is 422 g/mol. The maximum atomic E-state index is 13.0. The van der Waals surface area contributed by atoms with Crippen molar-refractivity contribution in [2.75, 3.05) is 38.5 Å². The summed E-state index contributed by atoms with van der Waals surface area (Å²) in [6.45, 7) is 5.30. The van der Waals surface area contributed by atoms with Crippen LogP contribution in [0.25, 0.3) is 0 Å². The Balaban J connectivity index is 1.41. The smallest absolute Gasteiger partial charge is 0.259 e. The van der Waals surface area contributed by atoms with Crippen LogP contribution >= 0.6 is 0 Å². The third-order valence-corrected chi connectivity index (χ3v) is 6.44. The van der Waals surface area contributed by atoms with E-state index >= 15 is 0 Å². The van der Waals surface area contributed by atoms with E-state index in [1.807, 2.05) is 42.2 Å². The second-order valence-corrected chi connectivity index (χ2v) is 8.75. The molecule has 1 aromatic carbocycles. The lowest BCUT2D eigenvalue weighted by atomic mass is 9.92. The van der Waals surface area contributed by atoms with Crippen molar-refractivity contribution in [3.63, 3.8) is 0 Å². The minimum absolute atomic E-state index is 0.119. The van der Waals surface area contributed by atoms with Gasteiger partial charge in [-0.2, -0.15) is 0 Å². The molecule has 7 heteroatoms. The number of aromatic nitrogens is 2. The van der Waals surface area contributed by atoms with Crippen molar-refractivity contribution < 1.29 is 9.59 Å². The summed E-state index contributed by atoms with van der Waals surface area (Å²) in [5.41, 5.74) is 1.88. The zero-order valence-electron chi connectivity index (χ0n) is 18.4. The molecule has 0 bridgehead atoms. The van der Waals surface area contributed by atoms with Gasteiger partial charge in [-0.25, -0.2) is 9.97 Å². The minimum Gasteiger partial charge on any atom is -0.342 e. The highest BCUT2D eigenvalue weighted by atomic mass is 16.2. The molecule has 2 amide bonds. The van der Waals surface area contributed by atoms with Crippen LogP contribution in [0.5, 0.6) is 0 Å². The van der Waals surface area contributed by atoms with Gasteiger partial charge in [-0.1, -0.05) is 18.2 Å². The van der Waals surface area contributed by atoms with Gasteiger partial charge in [0.25, 0.3) is 5.91 Å². The topological polar surface area (TPSA) is 78.4 Å². The number of hydrogen-bond donors (Lipinski definition) is 1. The summed E-state index contributed by atoms with van der Waals surface area (Å²) in [6, 6.07) is 9.36. The lowest BCUT2D eigenvalue weighted by molar-refractivity contribution is -0.138. The van der Waals surface area contributed by atoms with Gasteiger partial charge in [0.15, 0.2) is 0 Å². The molecule has 0 saturated carbocycles. The standard InChI is InChI=1S/C24H31N5O2/c1-17-21(23(30)27-20-8-4-3-5-9-20)15-25-22(26-17)19-7-6-12-29(16-19)24(31)18-10-13-28(2)14-11-18/h3-5,8-9,15,18-19H,6-7,10-14,16H2,1-2H3,(H,27,30). The van der Waals surface area contributed by atoms with Crippen molar-refractivity contribution >= 4 is 17.5 Å². The Labute approximate surface area is 183 Å². The zero-order valence-corrected chi connectivity index (χ0v) is 18.4. The van der Waals surface area contributed by atoms with Crippen molar-refractivity contribution in [1.82, 2.24) is 19.8 Å². The number of hydrogen-bond acceptors (Lipinski definition) is 5. The summed E-state index contributed by atoms with van der Waals surface area (Å²) >= 11 is 0. The first kappa shape index (κ1) is 21.4. The van der Waals surface area contributed by atoms with Crippen molar-refractivity contribution in [2.24, 2.45) is 5.92 Å². The molecule has 7 nitrogen and oxygen atoms in total. The Hall–Kier alpha value is -2.80. The van der Waals surface area contributed by atoms with Gasteiger partial charge in [-0.05, 0) is 64.9 Å². The molecule has 2 fully saturated rings. The number of anilines is 1. The Kier molecular flexibility index (Phi) is 6.61. The number of rotatable bonds is 4. The van der Waals surface area contributed by atoms with Crippen LogP contribution in [0.4, 0.5) is 5.69 Å². The molecule has 1 unspecified atom stereocenters. The van der Waals surface area contributed by atoms with Gasteiger partial charge >= 0.3 is 0 Å². The van der Waals surface area contributed by atoms with Crippen molar-refractivity contribution in [1.29, 1.82) is 0 Å². The van der Waals surface area contributed by atoms with E-state index in [9.17, 15) is 9.59 Å². The van der Waals surface area contributed by atoms with E-state index in [-0.39, 0.29) is 23.7 Å². The summed E-state index contributed by atoms with van der Waals surface area (Å²) < 4.78 is 0. The molecule has 0 aliphatic carbocycles. The lowest BCUT2D eigenvalue weighted by Gasteiger charge is -2.36. The Morgan fingerprint density at radius 1 is 1.06 bits per heavy atom. The summed E-state index contributed by atoms with van der Waals surface area (Å²) in [5.74, 6) is 1.07. The highest BCUT2D eigenvalue weighted by Crippen LogP contribution is 2.28. The van der Waals surface area contributed by atoms with Gasteiger partial charge in [0, 0.05) is 36.8 Å². The number of likely N-dealkylation sites (tertiary alicyclic amines) is 2. The first-order chi connectivity index (χ1) is 15.0. The lowest BCUT2D eigenvalue weighted by Crippen LogP contribution is -2.45. The van der Waals surface area contributed by atoms with E-state index < -0.39 is 0 Å². The maximum absolute atomic E-state index is 13.0. The molecule has 3 heterocycles. The van der Waals surface area contributed by atoms with Crippen LogP contribution in [-0.2, 0) is 4.79 Å². The maximum Gasteiger partial charge on any atom is 0.259 e. The Morgan fingerprint density at radius 2 is 1.81 bits per heavy atom. The highest BCUT2D eigenvalue weighted by Gasteiger charge is 2.32. The number of carbonyl (C=O) groups is 2. The largest absolute Gasteiger partial charge is 0.342 e. The number of benzene rings is 1. The SMILES string of the molecule is Cc1nc(C2CCCN(C(=O)C3CCN(C)CC3)C2)ncc1C(=O)Nc1ccccc1. The van der Waals surface area contributed by atoms with Gasteiger partial charge in [0.2, 0.25) is 5.91 Å². The van der Waals surface area contributed by atoms with E-state index in [4.69, 9.17) is 0 Å². The van der Waals surface area contributed by atoms with E-state index in [0.29, 0.717) is 17.8 Å². The number of para-hydroxylation sites is 1. The Morgan fingerprint density at radius 3 is 2.52 bits per heavy atom. The molecule has 2 aliphatic rings. The van der Waals surface area contributed by atoms with Gasteiger partial charge in [0.1, 0.15) is 5.82 Å². The monoisotopic (exact) mass is 421 g/mol. The second-order valence-electron chi connectivity index (χ2n) is 8.75. The molecule has 2 saturated heterocycles. The molecule has 164 valence electrons. The summed E-state index contributed by atoms with van der Waals surface area (Å²) in [4.78, 5) is 39.1. The van der Waals surface area contributed by atoms with Crippen LogP contribution < -0.4 is 5.32 Å². The van der Waals surface area contributed by atoms with Crippen molar-refractivity contribution in [3.05, 3.63) is 53.6 Å². The van der Waals surface area contributed by atoms with E-state index in [1.165, 1.54) is 0 Å². The molecular formula is C24H31N5O2. The van der Waals surface area contributed by atoms with E-state index in [2.05, 4.69) is 27.2 Å². The number of amides is 2. The minimum atomic E-state index is -0.210. The van der Waals surface area contributed by atoms with Crippen LogP contribution in [0.1, 0.15) is 53.5 Å². The summed E-state index contributed by atoms with van der Waals surface area (Å²) in [6.07, 6.45) is 5.43. The molecule has 2 aliphatic heterocycles. The number of nitrogens with one attached hydrogen (secondary N) is 1. The van der Waals surface area contributed by atoms with Crippen molar-refractivity contribution in [2.45, 2.75) is 38.5 Å². The fraction of sp³-hybridized carbons (Fsp3) is 0.500. The van der Waals surface area contributed by atoms with E-state index in [0.717, 1.165) is 56.8 Å². The van der Waals surface area contributed by atoms with Gasteiger partial charge in [0.05, 0.1) is 11.3 Å². The predicted octanol–water partition coefficient (Wildman–Crippen LogP) is 3.09. The number of aryl methyl sites for hydroxylation is 1. The average Bonchev–Trinajstić information content (AvgIpc) is 2.79. The molecule has 31 heavy (non-hydrogen) atoms. The van der Waals surface area contributed by atoms with Crippen LogP contribution in [0, 0.1) is 12.8 Å². The molecule has 0 spiro atoms. The van der Waals surface area contributed by atoms with E-state index in [1.54, 1.807) is 6.20 Å². The number of piperidine rings is 2. The Bertz CT molecular complexity index is 925. The quantitative estimate of drug-likeness (QED) is 0.821. The fourth-order valence-electron chi connectivity index (χ4n) is 4.53. The summed E-state index contributed by atoms with van der Waals surface area (Å²) in [7, 11) is 2.11. The van der Waals surface area contributed by atoms with Crippen LogP contribution in [0.15, 0.2) is 36.5 Å². The highest BCUT2D eigenvalue weighted by molar-refractivity contribution is 6.04. The molecule has 0 radical (unpaired) electrons. The summed E-state index contributed by atoms with van der Waals surface area (Å²) in [5, 5.41) is 2.88. The van der Waals surface area contributed by atoms with Crippen LogP contribution in [0.3, 0.4) is 0 Å². The number of nitrogens with zero attached hydrogens (tertiary/aromatic N) is 4. The second kappa shape index (κ2) is 9.56. The van der Waals surface area contributed by atoms with Crippen LogP contribution in [-0.4, -0.2) is 64.8 Å². The first-order valence-electron chi connectivity index (χ1n) is 11.2. The zero-order chi connectivity index (χ0) is 21.8. The number of carbonyl (C=O) groups excluding carboxylic acids is 2. The fourth-order valence-corrected chi connectivity index (χ4v) is 4.53. The molecule has 2 aromatic rings. The van der Waals surface area contributed by atoms with Gasteiger partial charge < -0.3 is 15.1 Å². The molecule has 1 N–H and O–H groups in total. The molecular weight excluding hydrogens is 390 g/mol. The van der Waals surface area contributed by atoms with Crippen LogP contribution in [0.2, 0.25) is 0 Å². The molecule has 1 atom stereocenters. The van der Waals surface area contributed by atoms with Gasteiger partial charge in [-0.15, -0.1) is 0 Å². The first-order valence-corrected chi connectivity index (χ1v) is 11.2. The third-order valence-electron chi connectivity index (χ3n) is 6.44. The third kappa shape index (κ3) is 5.10.